The second kappa shape index (κ2) is 7.87. The largest absolute Gasteiger partial charge is 0.488 e. The fourth-order valence-corrected chi connectivity index (χ4v) is 2.93. The zero-order valence-electron chi connectivity index (χ0n) is 13.8. The van der Waals surface area contributed by atoms with E-state index < -0.39 is 5.91 Å². The van der Waals surface area contributed by atoms with Crippen molar-refractivity contribution in [2.45, 2.75) is 33.7 Å². The van der Waals surface area contributed by atoms with Gasteiger partial charge in [-0.2, -0.15) is 0 Å². The van der Waals surface area contributed by atoms with Gasteiger partial charge in [-0.3, -0.25) is 14.4 Å². The van der Waals surface area contributed by atoms with Crippen molar-refractivity contribution < 1.29 is 14.3 Å². The zero-order valence-corrected chi connectivity index (χ0v) is 14.6. The second-order valence-electron chi connectivity index (χ2n) is 5.19. The number of hydrogen-bond donors (Lipinski definition) is 1. The molecule has 0 aliphatic carbocycles. The van der Waals surface area contributed by atoms with E-state index in [4.69, 9.17) is 4.74 Å². The maximum Gasteiger partial charge on any atom is 0.293 e. The molecule has 24 heavy (non-hydrogen) atoms. The van der Waals surface area contributed by atoms with E-state index in [0.29, 0.717) is 22.3 Å². The van der Waals surface area contributed by atoms with E-state index in [-0.39, 0.29) is 23.6 Å². The smallest absolute Gasteiger partial charge is 0.293 e. The van der Waals surface area contributed by atoms with Gasteiger partial charge in [0.1, 0.15) is 6.54 Å². The van der Waals surface area contributed by atoms with Gasteiger partial charge in [-0.15, -0.1) is 0 Å². The predicted octanol–water partition coefficient (Wildman–Crippen LogP) is 2.24. The fraction of sp³-hybridized carbons (Fsp3) is 0.375. The van der Waals surface area contributed by atoms with Crippen LogP contribution in [0, 0.1) is 6.92 Å². The molecule has 0 aliphatic rings. The number of rotatable bonds is 7. The Morgan fingerprint density at radius 2 is 2.17 bits per heavy atom. The van der Waals surface area contributed by atoms with E-state index in [2.05, 4.69) is 10.3 Å². The molecular weight excluding hydrogens is 330 g/mol. The minimum atomic E-state index is -0.395. The van der Waals surface area contributed by atoms with Crippen LogP contribution in [0.1, 0.15) is 35.6 Å². The summed E-state index contributed by atoms with van der Waals surface area (Å²) in [5.41, 5.74) is 0.218. The van der Waals surface area contributed by atoms with Crippen LogP contribution in [-0.4, -0.2) is 27.8 Å². The van der Waals surface area contributed by atoms with Crippen LogP contribution in [-0.2, 0) is 11.3 Å². The number of Topliss-reactive ketones (excluding diaryl/α,β-unsaturated/α-hetero) is 1. The molecule has 0 aliphatic heterocycles. The Labute approximate surface area is 143 Å². The summed E-state index contributed by atoms with van der Waals surface area (Å²) in [5, 5.41) is 2.95. The van der Waals surface area contributed by atoms with E-state index in [1.54, 1.807) is 19.1 Å². The van der Waals surface area contributed by atoms with Crippen LogP contribution in [0.15, 0.2) is 23.1 Å². The highest BCUT2D eigenvalue weighted by molar-refractivity contribution is 7.17. The molecular formula is C16H19N3O4S. The Bertz CT molecular complexity index is 810. The third-order valence-corrected chi connectivity index (χ3v) is 4.30. The molecule has 0 unspecified atom stereocenters. The Morgan fingerprint density at radius 3 is 2.79 bits per heavy atom. The van der Waals surface area contributed by atoms with Gasteiger partial charge in [-0.05, 0) is 25.5 Å². The summed E-state index contributed by atoms with van der Waals surface area (Å²) in [7, 11) is 0. The lowest BCUT2D eigenvalue weighted by atomic mass is 10.3. The van der Waals surface area contributed by atoms with E-state index in [9.17, 15) is 14.4 Å². The first kappa shape index (κ1) is 17.9. The van der Waals surface area contributed by atoms with Crippen LogP contribution >= 0.6 is 11.3 Å². The molecule has 2 aromatic heterocycles. The van der Waals surface area contributed by atoms with Gasteiger partial charge < -0.3 is 14.6 Å². The van der Waals surface area contributed by atoms with Gasteiger partial charge in [-0.25, -0.2) is 4.98 Å². The molecule has 2 rings (SSSR count). The molecule has 0 bridgehead atoms. The van der Waals surface area contributed by atoms with E-state index in [1.165, 1.54) is 17.7 Å². The molecule has 1 amide bonds. The average molecular weight is 349 g/mol. The number of carbonyl (C=O) groups is 2. The molecule has 0 fully saturated rings. The van der Waals surface area contributed by atoms with Gasteiger partial charge in [0, 0.05) is 13.1 Å². The van der Waals surface area contributed by atoms with E-state index in [1.807, 2.05) is 6.92 Å². The van der Waals surface area contributed by atoms with Crippen LogP contribution in [0.3, 0.4) is 0 Å². The quantitative estimate of drug-likeness (QED) is 0.774. The number of nitrogens with zero attached hydrogens (tertiary/aromatic N) is 2. The van der Waals surface area contributed by atoms with Crippen molar-refractivity contribution in [2.75, 3.05) is 11.9 Å². The number of thiazole rings is 1. The van der Waals surface area contributed by atoms with E-state index >= 15 is 0 Å². The van der Waals surface area contributed by atoms with Crippen molar-refractivity contribution in [2.24, 2.45) is 0 Å². The van der Waals surface area contributed by atoms with Gasteiger partial charge in [0.2, 0.25) is 5.91 Å². The van der Waals surface area contributed by atoms with Crippen LogP contribution in [0.2, 0.25) is 0 Å². The van der Waals surface area contributed by atoms with E-state index in [0.717, 1.165) is 17.8 Å². The van der Waals surface area contributed by atoms with Crippen LogP contribution in [0.4, 0.5) is 5.13 Å². The van der Waals surface area contributed by atoms with Crippen LogP contribution < -0.4 is 15.6 Å². The monoisotopic (exact) mass is 349 g/mol. The molecule has 0 spiro atoms. The fourth-order valence-electron chi connectivity index (χ4n) is 2.05. The van der Waals surface area contributed by atoms with Crippen LogP contribution in [0.25, 0.3) is 0 Å². The van der Waals surface area contributed by atoms with Crippen molar-refractivity contribution in [3.63, 3.8) is 0 Å². The predicted molar refractivity (Wildman–Crippen MR) is 92.0 cm³/mol. The molecule has 0 saturated heterocycles. The maximum absolute atomic E-state index is 12.2. The van der Waals surface area contributed by atoms with Gasteiger partial charge in [0.15, 0.2) is 16.7 Å². The number of amides is 1. The Hall–Kier alpha value is -2.48. The number of anilines is 1. The lowest BCUT2D eigenvalue weighted by molar-refractivity contribution is -0.116. The summed E-state index contributed by atoms with van der Waals surface area (Å²) in [6.07, 6.45) is 2.31. The molecule has 128 valence electrons. The second-order valence-corrected chi connectivity index (χ2v) is 6.19. The standard InChI is InChI=1S/C16H19N3O4S/c1-4-8-23-12-6-5-7-19(15(12)22)9-13(21)18-16-17-10(2)14(24-16)11(3)20/h5-7H,4,8-9H2,1-3H3,(H,17,18,21). The molecule has 0 saturated carbocycles. The zero-order chi connectivity index (χ0) is 17.7. The van der Waals surface area contributed by atoms with Crippen molar-refractivity contribution in [3.05, 3.63) is 39.3 Å². The number of hydrogen-bond acceptors (Lipinski definition) is 6. The van der Waals surface area contributed by atoms with Gasteiger partial charge in [0.05, 0.1) is 17.2 Å². The third-order valence-electron chi connectivity index (χ3n) is 3.12. The lowest BCUT2D eigenvalue weighted by Crippen LogP contribution is -2.28. The number of pyridine rings is 1. The topological polar surface area (TPSA) is 90.3 Å². The summed E-state index contributed by atoms with van der Waals surface area (Å²) in [6.45, 7) is 5.39. The average Bonchev–Trinajstić information content (AvgIpc) is 2.88. The van der Waals surface area contributed by atoms with Gasteiger partial charge >= 0.3 is 0 Å². The normalized spacial score (nSPS) is 10.5. The minimum Gasteiger partial charge on any atom is -0.488 e. The number of ether oxygens (including phenoxy) is 1. The van der Waals surface area contributed by atoms with Gasteiger partial charge in [0.25, 0.3) is 5.56 Å². The molecule has 0 radical (unpaired) electrons. The van der Waals surface area contributed by atoms with Crippen molar-refractivity contribution >= 4 is 28.2 Å². The third kappa shape index (κ3) is 4.29. The van der Waals surface area contributed by atoms with Crippen molar-refractivity contribution in [3.8, 4) is 5.75 Å². The summed E-state index contributed by atoms with van der Waals surface area (Å²) in [5.74, 6) is -0.271. The summed E-state index contributed by atoms with van der Waals surface area (Å²) < 4.78 is 6.63. The molecule has 8 heteroatoms. The number of nitrogens with one attached hydrogen (secondary N) is 1. The molecule has 0 atom stereocenters. The molecule has 1 N–H and O–H groups in total. The van der Waals surface area contributed by atoms with Crippen LogP contribution in [0.5, 0.6) is 5.75 Å². The highest BCUT2D eigenvalue weighted by atomic mass is 32.1. The Balaban J connectivity index is 2.09. The first-order valence-corrected chi connectivity index (χ1v) is 8.34. The Kier molecular flexibility index (Phi) is 5.86. The van der Waals surface area contributed by atoms with Crippen molar-refractivity contribution in [1.29, 1.82) is 0 Å². The van der Waals surface area contributed by atoms with Gasteiger partial charge in [-0.1, -0.05) is 18.3 Å². The first-order chi connectivity index (χ1) is 11.4. The maximum atomic E-state index is 12.2. The molecule has 2 heterocycles. The molecule has 2 aromatic rings. The summed E-state index contributed by atoms with van der Waals surface area (Å²) >= 11 is 1.12. The highest BCUT2D eigenvalue weighted by Crippen LogP contribution is 2.22. The number of aryl methyl sites for hydroxylation is 1. The summed E-state index contributed by atoms with van der Waals surface area (Å²) in [6, 6.07) is 3.23. The lowest BCUT2D eigenvalue weighted by Gasteiger charge is -2.08. The molecule has 7 nitrogen and oxygen atoms in total. The van der Waals surface area contributed by atoms with Crippen molar-refractivity contribution in [1.82, 2.24) is 9.55 Å². The summed E-state index contributed by atoms with van der Waals surface area (Å²) in [4.78, 5) is 40.4. The molecule has 0 aromatic carbocycles. The highest BCUT2D eigenvalue weighted by Gasteiger charge is 2.14. The number of aromatic nitrogens is 2. The Morgan fingerprint density at radius 1 is 1.42 bits per heavy atom. The SMILES string of the molecule is CCCOc1cccn(CC(=O)Nc2nc(C)c(C(C)=O)s2)c1=O. The number of ketones is 1. The minimum absolute atomic E-state index is 0.0949. The first-order valence-electron chi connectivity index (χ1n) is 7.52. The number of carbonyl (C=O) groups excluding carboxylic acids is 2.